The van der Waals surface area contributed by atoms with E-state index in [-0.39, 0.29) is 23.8 Å². The molecule has 5 unspecified atom stereocenters. The Labute approximate surface area is 251 Å². The maximum absolute atomic E-state index is 14.2. The first-order valence-corrected chi connectivity index (χ1v) is 15.7. The van der Waals surface area contributed by atoms with Crippen LogP contribution in [-0.4, -0.2) is 102 Å². The second kappa shape index (κ2) is 11.8. The molecule has 1 saturated carbocycles. The van der Waals surface area contributed by atoms with Crippen LogP contribution in [0.3, 0.4) is 0 Å². The normalized spacial score (nSPS) is 32.0. The molecule has 2 bridgehead atoms. The van der Waals surface area contributed by atoms with Gasteiger partial charge in [0.15, 0.2) is 0 Å². The lowest BCUT2D eigenvalue weighted by Gasteiger charge is -2.37. The highest BCUT2D eigenvalue weighted by molar-refractivity contribution is 6.35. The molecule has 1 spiro atoms. The van der Waals surface area contributed by atoms with Gasteiger partial charge in [0.2, 0.25) is 17.7 Å². The minimum atomic E-state index is -1.17. The van der Waals surface area contributed by atoms with E-state index >= 15 is 0 Å². The summed E-state index contributed by atoms with van der Waals surface area (Å²) < 4.78 is 6.48. The molecule has 1 aliphatic carbocycles. The van der Waals surface area contributed by atoms with Crippen LogP contribution in [0.25, 0.3) is 0 Å². The molecule has 3 amide bonds. The molecule has 2 N–H and O–H groups in total. The number of anilines is 1. The first-order chi connectivity index (χ1) is 19.8. The molecule has 9 nitrogen and oxygen atoms in total. The lowest BCUT2D eigenvalue weighted by Crippen LogP contribution is -2.57. The average Bonchev–Trinajstić information content (AvgIpc) is 3.59. The number of likely N-dealkylation sites (tertiary alicyclic amines) is 1. The molecule has 1 aromatic carbocycles. The van der Waals surface area contributed by atoms with Gasteiger partial charge in [-0.25, -0.2) is 0 Å². The number of nitrogens with one attached hydrogen (secondary N) is 2. The van der Waals surface area contributed by atoms with Gasteiger partial charge in [-0.1, -0.05) is 61.5 Å². The van der Waals surface area contributed by atoms with Crippen LogP contribution in [0.4, 0.5) is 5.69 Å². The van der Waals surface area contributed by atoms with Gasteiger partial charge < -0.3 is 25.2 Å². The molecule has 0 aromatic heterocycles. The van der Waals surface area contributed by atoms with Gasteiger partial charge in [0, 0.05) is 61.0 Å². The fraction of sp³-hybridized carbons (Fsp3) is 0.633. The molecule has 4 fully saturated rings. The van der Waals surface area contributed by atoms with E-state index in [1.54, 1.807) is 23.1 Å². The lowest BCUT2D eigenvalue weighted by atomic mass is 9.74. The number of hydrogen-bond acceptors (Lipinski definition) is 6. The highest BCUT2D eigenvalue weighted by Gasteiger charge is 2.72. The maximum atomic E-state index is 14.2. The monoisotopic (exact) mass is 603 g/mol. The van der Waals surface area contributed by atoms with Crippen LogP contribution in [0.1, 0.15) is 39.0 Å². The largest absolute Gasteiger partial charge is 0.359 e. The molecule has 5 aliphatic rings. The van der Waals surface area contributed by atoms with Crippen molar-refractivity contribution in [3.8, 4) is 0 Å². The van der Waals surface area contributed by atoms with Crippen LogP contribution in [0.15, 0.2) is 30.4 Å². The molecule has 222 valence electrons. The molecular formula is C30H39Cl2N5O4. The van der Waals surface area contributed by atoms with E-state index in [4.69, 9.17) is 27.9 Å². The van der Waals surface area contributed by atoms with Crippen LogP contribution in [0.2, 0.25) is 10.0 Å². The molecule has 0 radical (unpaired) electrons. The lowest BCUT2D eigenvalue weighted by molar-refractivity contribution is -0.141. The zero-order valence-electron chi connectivity index (χ0n) is 23.5. The molecule has 5 atom stereocenters. The van der Waals surface area contributed by atoms with Gasteiger partial charge in [-0.15, -0.1) is 0 Å². The topological polar surface area (TPSA) is 94.2 Å². The summed E-state index contributed by atoms with van der Waals surface area (Å²) in [7, 11) is 0. The third-order valence-corrected chi connectivity index (χ3v) is 10.0. The van der Waals surface area contributed by atoms with Gasteiger partial charge >= 0.3 is 0 Å². The van der Waals surface area contributed by atoms with Crippen LogP contribution < -0.4 is 10.6 Å². The van der Waals surface area contributed by atoms with Crippen molar-refractivity contribution in [1.29, 1.82) is 0 Å². The summed E-state index contributed by atoms with van der Waals surface area (Å²) in [6.07, 6.45) is 8.36. The first kappa shape index (κ1) is 28.9. The van der Waals surface area contributed by atoms with Gasteiger partial charge in [0.25, 0.3) is 0 Å². The van der Waals surface area contributed by atoms with Crippen molar-refractivity contribution >= 4 is 46.6 Å². The van der Waals surface area contributed by atoms with Crippen molar-refractivity contribution in [2.24, 2.45) is 11.8 Å². The van der Waals surface area contributed by atoms with Crippen molar-refractivity contribution < 1.29 is 19.1 Å². The Bertz CT molecular complexity index is 1200. The molecule has 4 heterocycles. The predicted molar refractivity (Wildman–Crippen MR) is 158 cm³/mol. The van der Waals surface area contributed by atoms with E-state index in [2.05, 4.69) is 27.4 Å². The molecule has 6 rings (SSSR count). The summed E-state index contributed by atoms with van der Waals surface area (Å²) in [6, 6.07) is 4.10. The summed E-state index contributed by atoms with van der Waals surface area (Å²) in [5.41, 5.74) is -0.719. The SMILES string of the molecule is CCN1CCN(CCN2C(=O)C3C(C(=O)Nc4cc(Cl)cc(Cl)c4)C4C=CC3(O4)C2C(=O)NC2CCCCC2)CC1. The average molecular weight is 605 g/mol. The minimum Gasteiger partial charge on any atom is -0.359 e. The van der Waals surface area contributed by atoms with Crippen LogP contribution in [-0.2, 0) is 19.1 Å². The zero-order valence-corrected chi connectivity index (χ0v) is 25.0. The van der Waals surface area contributed by atoms with Crippen LogP contribution in [0.5, 0.6) is 0 Å². The highest BCUT2D eigenvalue weighted by atomic mass is 35.5. The number of piperazine rings is 1. The van der Waals surface area contributed by atoms with E-state index in [1.807, 2.05) is 12.2 Å². The summed E-state index contributed by atoms with van der Waals surface area (Å²) in [5, 5.41) is 6.94. The van der Waals surface area contributed by atoms with Gasteiger partial charge in [-0.05, 0) is 37.6 Å². The van der Waals surface area contributed by atoms with Crippen LogP contribution in [0, 0.1) is 11.8 Å². The standard InChI is InChI=1S/C30H39Cl2N5O4/c1-2-35-10-12-36(13-11-35)14-15-37-26(28(39)33-21-6-4-3-5-7-21)30-9-8-23(41-30)24(25(30)29(37)40)27(38)34-22-17-19(31)16-20(32)18-22/h8-9,16-18,21,23-26H,2-7,10-15H2,1H3,(H,33,39)(H,34,38). The van der Waals surface area contributed by atoms with Crippen molar-refractivity contribution in [2.45, 2.75) is 62.8 Å². The van der Waals surface area contributed by atoms with Gasteiger partial charge in [-0.2, -0.15) is 0 Å². The number of carbonyl (C=O) groups excluding carboxylic acids is 3. The van der Waals surface area contributed by atoms with Gasteiger partial charge in [-0.3, -0.25) is 19.3 Å². The summed E-state index contributed by atoms with van der Waals surface area (Å²) in [6.45, 7) is 8.11. The molecule has 3 saturated heterocycles. The van der Waals surface area contributed by atoms with Gasteiger partial charge in [0.1, 0.15) is 11.6 Å². The number of hydrogen-bond donors (Lipinski definition) is 2. The zero-order chi connectivity index (χ0) is 28.7. The number of carbonyl (C=O) groups is 3. The van der Waals surface area contributed by atoms with Crippen molar-refractivity contribution in [2.75, 3.05) is 51.1 Å². The Morgan fingerprint density at radius 1 is 0.976 bits per heavy atom. The Hall–Kier alpha value is -2.17. The molecule has 1 aromatic rings. The summed E-state index contributed by atoms with van der Waals surface area (Å²) >= 11 is 12.3. The number of likely N-dealkylation sites (N-methyl/N-ethyl adjacent to an activating group) is 1. The van der Waals surface area contributed by atoms with Crippen molar-refractivity contribution in [1.82, 2.24) is 20.0 Å². The number of ether oxygens (including phenoxy) is 1. The third-order valence-electron chi connectivity index (χ3n) is 9.58. The summed E-state index contributed by atoms with van der Waals surface area (Å²) in [5.74, 6) is -2.28. The number of fused-ring (bicyclic) bond motifs is 1. The molecule has 41 heavy (non-hydrogen) atoms. The van der Waals surface area contributed by atoms with Crippen molar-refractivity contribution in [3.05, 3.63) is 40.4 Å². The first-order valence-electron chi connectivity index (χ1n) is 15.0. The Morgan fingerprint density at radius 3 is 2.34 bits per heavy atom. The Morgan fingerprint density at radius 2 is 1.66 bits per heavy atom. The molecular weight excluding hydrogens is 565 g/mol. The fourth-order valence-electron chi connectivity index (χ4n) is 7.46. The number of rotatable bonds is 8. The van der Waals surface area contributed by atoms with E-state index in [9.17, 15) is 14.4 Å². The number of benzene rings is 1. The molecule has 11 heteroatoms. The fourth-order valence-corrected chi connectivity index (χ4v) is 7.99. The Balaban J connectivity index is 1.25. The number of amides is 3. The van der Waals surface area contributed by atoms with Crippen molar-refractivity contribution in [3.63, 3.8) is 0 Å². The Kier molecular flexibility index (Phi) is 8.35. The summed E-state index contributed by atoms with van der Waals surface area (Å²) in [4.78, 5) is 48.3. The van der Waals surface area contributed by atoms with E-state index < -0.39 is 29.6 Å². The minimum absolute atomic E-state index is 0.0972. The van der Waals surface area contributed by atoms with E-state index in [0.717, 1.165) is 58.4 Å². The van der Waals surface area contributed by atoms with Gasteiger partial charge in [0.05, 0.1) is 17.9 Å². The maximum Gasteiger partial charge on any atom is 0.246 e. The number of halogens is 2. The van der Waals surface area contributed by atoms with Crippen LogP contribution >= 0.6 is 23.2 Å². The van der Waals surface area contributed by atoms with E-state index in [1.165, 1.54) is 6.42 Å². The second-order valence-corrected chi connectivity index (χ2v) is 12.9. The number of nitrogens with zero attached hydrogens (tertiary/aromatic N) is 3. The molecule has 4 aliphatic heterocycles. The highest BCUT2D eigenvalue weighted by Crippen LogP contribution is 2.55. The third kappa shape index (κ3) is 5.52. The quantitative estimate of drug-likeness (QED) is 0.443. The smallest absolute Gasteiger partial charge is 0.246 e. The van der Waals surface area contributed by atoms with E-state index in [0.29, 0.717) is 28.8 Å². The second-order valence-electron chi connectivity index (χ2n) is 12.0. The predicted octanol–water partition coefficient (Wildman–Crippen LogP) is 3.17.